The maximum atomic E-state index is 12.8. The van der Waals surface area contributed by atoms with Crippen LogP contribution in [-0.2, 0) is 14.3 Å². The highest BCUT2D eigenvalue weighted by atomic mass is 16.5. The van der Waals surface area contributed by atoms with E-state index in [1.807, 2.05) is 51.1 Å². The third kappa shape index (κ3) is 4.93. The molecule has 1 saturated heterocycles. The van der Waals surface area contributed by atoms with Crippen LogP contribution in [0.3, 0.4) is 0 Å². The highest BCUT2D eigenvalue weighted by molar-refractivity contribution is 6.02. The molecule has 1 aromatic rings. The summed E-state index contributed by atoms with van der Waals surface area (Å²) in [5, 5.41) is 2.79. The molecule has 1 N–H and O–H groups in total. The van der Waals surface area contributed by atoms with Gasteiger partial charge in [-0.1, -0.05) is 51.1 Å². The molecule has 124 valence electrons. The van der Waals surface area contributed by atoms with Gasteiger partial charge >= 0.3 is 0 Å². The highest BCUT2D eigenvalue weighted by Crippen LogP contribution is 2.16. The molecule has 1 aromatic carbocycles. The van der Waals surface area contributed by atoms with E-state index in [0.717, 1.165) is 5.56 Å². The van der Waals surface area contributed by atoms with Gasteiger partial charge in [0, 0.05) is 18.5 Å². The van der Waals surface area contributed by atoms with Crippen molar-refractivity contribution in [1.29, 1.82) is 0 Å². The normalized spacial score (nSPS) is 16.1. The van der Waals surface area contributed by atoms with E-state index in [1.54, 1.807) is 11.0 Å². The van der Waals surface area contributed by atoms with E-state index < -0.39 is 5.41 Å². The van der Waals surface area contributed by atoms with Crippen LogP contribution in [0.15, 0.2) is 36.0 Å². The number of carbonyl (C=O) groups is 2. The Kier molecular flexibility index (Phi) is 5.55. The van der Waals surface area contributed by atoms with E-state index in [4.69, 9.17) is 4.74 Å². The zero-order valence-corrected chi connectivity index (χ0v) is 14.0. The summed E-state index contributed by atoms with van der Waals surface area (Å²) in [4.78, 5) is 26.8. The minimum absolute atomic E-state index is 0.172. The molecule has 0 radical (unpaired) electrons. The largest absolute Gasteiger partial charge is 0.378 e. The summed E-state index contributed by atoms with van der Waals surface area (Å²) >= 11 is 0. The molecule has 0 saturated carbocycles. The molecule has 5 nitrogen and oxygen atoms in total. The predicted octanol–water partition coefficient (Wildman–Crippen LogP) is 2.05. The fraction of sp³-hybridized carbons (Fsp3) is 0.444. The van der Waals surface area contributed by atoms with Crippen LogP contribution >= 0.6 is 0 Å². The molecule has 5 heteroatoms. The fourth-order valence-corrected chi connectivity index (χ4v) is 2.11. The number of nitrogens with zero attached hydrogens (tertiary/aromatic N) is 1. The van der Waals surface area contributed by atoms with E-state index in [2.05, 4.69) is 5.32 Å². The predicted molar refractivity (Wildman–Crippen MR) is 89.4 cm³/mol. The number of carbonyl (C=O) groups excluding carboxylic acids is 2. The van der Waals surface area contributed by atoms with Gasteiger partial charge in [-0.15, -0.1) is 0 Å². The second kappa shape index (κ2) is 7.42. The van der Waals surface area contributed by atoms with Gasteiger partial charge in [-0.05, 0) is 11.6 Å². The van der Waals surface area contributed by atoms with Gasteiger partial charge in [-0.3, -0.25) is 9.59 Å². The standard InChI is InChI=1S/C18H24N2O3/c1-18(2,3)17(22)19-15(13-14-7-5-4-6-8-14)16(21)20-9-11-23-12-10-20/h4-8,13H,9-12H2,1-3H3,(H,19,22)/b15-13-. The third-order valence-corrected chi connectivity index (χ3v) is 3.57. The summed E-state index contributed by atoms with van der Waals surface area (Å²) < 4.78 is 5.28. The highest BCUT2D eigenvalue weighted by Gasteiger charge is 2.27. The maximum Gasteiger partial charge on any atom is 0.270 e. The van der Waals surface area contributed by atoms with E-state index in [9.17, 15) is 9.59 Å². The van der Waals surface area contributed by atoms with E-state index >= 15 is 0 Å². The Bertz CT molecular complexity index is 582. The van der Waals surface area contributed by atoms with Gasteiger partial charge in [0.05, 0.1) is 13.2 Å². The van der Waals surface area contributed by atoms with Crippen molar-refractivity contribution in [1.82, 2.24) is 10.2 Å². The van der Waals surface area contributed by atoms with Crippen LogP contribution in [0.2, 0.25) is 0 Å². The van der Waals surface area contributed by atoms with Gasteiger partial charge in [0.15, 0.2) is 0 Å². The van der Waals surface area contributed by atoms with E-state index in [0.29, 0.717) is 32.0 Å². The maximum absolute atomic E-state index is 12.8. The molecule has 0 aliphatic carbocycles. The van der Waals surface area contributed by atoms with Gasteiger partial charge in [-0.2, -0.15) is 0 Å². The molecule has 0 atom stereocenters. The van der Waals surface area contributed by atoms with Crippen molar-refractivity contribution in [2.24, 2.45) is 5.41 Å². The van der Waals surface area contributed by atoms with Crippen LogP contribution in [0.1, 0.15) is 26.3 Å². The van der Waals surface area contributed by atoms with Gasteiger partial charge < -0.3 is 15.0 Å². The number of rotatable bonds is 3. The first kappa shape index (κ1) is 17.2. The number of morpholine rings is 1. The Hall–Kier alpha value is -2.14. The lowest BCUT2D eigenvalue weighted by molar-refractivity contribution is -0.134. The number of amides is 2. The van der Waals surface area contributed by atoms with Crippen molar-refractivity contribution >= 4 is 17.9 Å². The quantitative estimate of drug-likeness (QED) is 0.868. The number of ether oxygens (including phenoxy) is 1. The summed E-state index contributed by atoms with van der Waals surface area (Å²) in [5.74, 6) is -0.351. The Balaban J connectivity index is 2.25. The number of nitrogens with one attached hydrogen (secondary N) is 1. The molecule has 0 aromatic heterocycles. The average molecular weight is 316 g/mol. The molecule has 23 heavy (non-hydrogen) atoms. The van der Waals surface area contributed by atoms with Gasteiger partial charge in [0.1, 0.15) is 5.70 Å². The minimum Gasteiger partial charge on any atom is -0.378 e. The Labute approximate surface area is 137 Å². The van der Waals surface area contributed by atoms with Crippen LogP contribution in [0.25, 0.3) is 6.08 Å². The molecule has 1 aliphatic heterocycles. The first-order valence-corrected chi connectivity index (χ1v) is 7.83. The number of hydrogen-bond donors (Lipinski definition) is 1. The van der Waals surface area contributed by atoms with Crippen LogP contribution < -0.4 is 5.32 Å². The number of hydrogen-bond acceptors (Lipinski definition) is 3. The first-order chi connectivity index (χ1) is 10.9. The van der Waals surface area contributed by atoms with Crippen LogP contribution in [0, 0.1) is 5.41 Å². The van der Waals surface area contributed by atoms with Crippen molar-refractivity contribution in [2.75, 3.05) is 26.3 Å². The zero-order valence-electron chi connectivity index (χ0n) is 14.0. The SMILES string of the molecule is CC(C)(C)C(=O)N/C(=C\c1ccccc1)C(=O)N1CCOCC1. The number of benzene rings is 1. The third-order valence-electron chi connectivity index (χ3n) is 3.57. The van der Waals surface area contributed by atoms with E-state index in [-0.39, 0.29) is 11.8 Å². The van der Waals surface area contributed by atoms with Gasteiger partial charge in [0.2, 0.25) is 5.91 Å². The van der Waals surface area contributed by atoms with Crippen molar-refractivity contribution in [3.63, 3.8) is 0 Å². The second-order valence-electron chi connectivity index (χ2n) is 6.58. The minimum atomic E-state index is -0.568. The molecule has 1 fully saturated rings. The van der Waals surface area contributed by atoms with Gasteiger partial charge in [0.25, 0.3) is 5.91 Å². The Morgan fingerprint density at radius 1 is 1.13 bits per heavy atom. The summed E-state index contributed by atoms with van der Waals surface area (Å²) in [7, 11) is 0. The van der Waals surface area contributed by atoms with E-state index in [1.165, 1.54) is 0 Å². The molecule has 1 heterocycles. The molecular formula is C18H24N2O3. The van der Waals surface area contributed by atoms with Crippen LogP contribution in [0.5, 0.6) is 0 Å². The Morgan fingerprint density at radius 2 is 1.74 bits per heavy atom. The van der Waals surface area contributed by atoms with Gasteiger partial charge in [-0.25, -0.2) is 0 Å². The molecule has 2 amide bonds. The molecule has 1 aliphatic rings. The van der Waals surface area contributed by atoms with Crippen molar-refractivity contribution in [2.45, 2.75) is 20.8 Å². The lowest BCUT2D eigenvalue weighted by atomic mass is 9.95. The molecule has 0 spiro atoms. The van der Waals surface area contributed by atoms with Crippen LogP contribution in [0.4, 0.5) is 0 Å². The zero-order chi connectivity index (χ0) is 16.9. The van der Waals surface area contributed by atoms with Crippen molar-refractivity contribution < 1.29 is 14.3 Å². The lowest BCUT2D eigenvalue weighted by Gasteiger charge is -2.28. The fourth-order valence-electron chi connectivity index (χ4n) is 2.11. The second-order valence-corrected chi connectivity index (χ2v) is 6.58. The lowest BCUT2D eigenvalue weighted by Crippen LogP contribution is -2.46. The molecule has 0 bridgehead atoms. The van der Waals surface area contributed by atoms with Crippen LogP contribution in [-0.4, -0.2) is 43.0 Å². The molecule has 0 unspecified atom stereocenters. The summed E-state index contributed by atoms with van der Waals surface area (Å²) in [6.07, 6.45) is 1.72. The van der Waals surface area contributed by atoms with Crippen molar-refractivity contribution in [3.8, 4) is 0 Å². The summed E-state index contributed by atoms with van der Waals surface area (Å²) in [5.41, 5.74) is 0.609. The topological polar surface area (TPSA) is 58.6 Å². The monoisotopic (exact) mass is 316 g/mol. The summed E-state index contributed by atoms with van der Waals surface area (Å²) in [6.45, 7) is 7.59. The Morgan fingerprint density at radius 3 is 2.30 bits per heavy atom. The average Bonchev–Trinajstić information content (AvgIpc) is 2.54. The molecular weight excluding hydrogens is 292 g/mol. The van der Waals surface area contributed by atoms with Crippen molar-refractivity contribution in [3.05, 3.63) is 41.6 Å². The first-order valence-electron chi connectivity index (χ1n) is 7.83. The summed E-state index contributed by atoms with van der Waals surface area (Å²) in [6, 6.07) is 9.50. The molecule has 2 rings (SSSR count). The smallest absolute Gasteiger partial charge is 0.270 e.